The number of hydrogen-bond donors (Lipinski definition) is 4. The number of aliphatic carboxylic acids is 1. The number of benzene rings is 1. The molecule has 5 N–H and O–H groups in total. The van der Waals surface area contributed by atoms with Gasteiger partial charge in [-0.25, -0.2) is 4.79 Å². The maximum absolute atomic E-state index is 11.7. The van der Waals surface area contributed by atoms with E-state index in [2.05, 4.69) is 10.6 Å². The molecule has 0 aliphatic heterocycles. The first-order chi connectivity index (χ1) is 9.92. The summed E-state index contributed by atoms with van der Waals surface area (Å²) >= 11 is 0. The first-order valence-electron chi connectivity index (χ1n) is 6.58. The summed E-state index contributed by atoms with van der Waals surface area (Å²) in [4.78, 5) is 33.2. The van der Waals surface area contributed by atoms with Crippen molar-refractivity contribution in [1.82, 2.24) is 5.32 Å². The molecule has 1 atom stereocenters. The molecule has 0 aliphatic carbocycles. The summed E-state index contributed by atoms with van der Waals surface area (Å²) < 4.78 is 0. The van der Waals surface area contributed by atoms with Gasteiger partial charge < -0.3 is 21.5 Å². The molecule has 0 aromatic heterocycles. The number of hydrogen-bond acceptors (Lipinski definition) is 3. The normalized spacial score (nSPS) is 11.5. The largest absolute Gasteiger partial charge is 0.481 e. The quantitative estimate of drug-likeness (QED) is 0.607. The van der Waals surface area contributed by atoms with Crippen LogP contribution in [-0.4, -0.2) is 29.6 Å². The Balaban J connectivity index is 2.46. The minimum atomic E-state index is -0.883. The molecule has 7 heteroatoms. The van der Waals surface area contributed by atoms with Crippen molar-refractivity contribution in [3.05, 3.63) is 29.8 Å². The van der Waals surface area contributed by atoms with Gasteiger partial charge in [-0.3, -0.25) is 9.59 Å². The van der Waals surface area contributed by atoms with Crippen LogP contribution in [0.5, 0.6) is 0 Å². The van der Waals surface area contributed by atoms with Crippen LogP contribution in [-0.2, 0) is 4.79 Å². The Kier molecular flexibility index (Phi) is 6.19. The number of urea groups is 1. The number of carboxylic acid groups (broad SMARTS) is 1. The van der Waals surface area contributed by atoms with E-state index < -0.39 is 17.9 Å². The highest BCUT2D eigenvalue weighted by Gasteiger charge is 2.12. The fraction of sp³-hybridized carbons (Fsp3) is 0.357. The number of nitrogens with one attached hydrogen (secondary N) is 2. The number of rotatable bonds is 7. The summed E-state index contributed by atoms with van der Waals surface area (Å²) in [5, 5.41) is 13.9. The lowest BCUT2D eigenvalue weighted by atomic mass is 10.0. The van der Waals surface area contributed by atoms with Crippen molar-refractivity contribution in [2.45, 2.75) is 19.8 Å². The summed E-state index contributed by atoms with van der Waals surface area (Å²) in [5.74, 6) is -1.53. The van der Waals surface area contributed by atoms with E-state index in [0.29, 0.717) is 17.7 Å². The molecule has 3 amide bonds. The van der Waals surface area contributed by atoms with Crippen molar-refractivity contribution >= 4 is 23.6 Å². The SMILES string of the molecule is CCC(CNC(=O)Nc1ccc(C(N)=O)cc1)CC(=O)O. The van der Waals surface area contributed by atoms with Gasteiger partial charge in [0.05, 0.1) is 0 Å². The molecule has 0 aliphatic rings. The van der Waals surface area contributed by atoms with E-state index in [-0.39, 0.29) is 18.9 Å². The van der Waals surface area contributed by atoms with Crippen molar-refractivity contribution in [3.8, 4) is 0 Å². The van der Waals surface area contributed by atoms with Crippen molar-refractivity contribution < 1.29 is 19.5 Å². The lowest BCUT2D eigenvalue weighted by Gasteiger charge is -2.14. The maximum Gasteiger partial charge on any atom is 0.319 e. The predicted molar refractivity (Wildman–Crippen MR) is 78.0 cm³/mol. The highest BCUT2D eigenvalue weighted by Crippen LogP contribution is 2.10. The zero-order valence-electron chi connectivity index (χ0n) is 11.8. The molecule has 0 bridgehead atoms. The fourth-order valence-corrected chi connectivity index (χ4v) is 1.74. The molecule has 1 rings (SSSR count). The van der Waals surface area contributed by atoms with Gasteiger partial charge in [-0.15, -0.1) is 0 Å². The van der Waals surface area contributed by atoms with Gasteiger partial charge in [-0.05, 0) is 30.2 Å². The highest BCUT2D eigenvalue weighted by atomic mass is 16.4. The minimum Gasteiger partial charge on any atom is -0.481 e. The van der Waals surface area contributed by atoms with Crippen LogP contribution in [0.1, 0.15) is 30.1 Å². The Morgan fingerprint density at radius 3 is 2.33 bits per heavy atom. The molecule has 1 aromatic rings. The fourth-order valence-electron chi connectivity index (χ4n) is 1.74. The average molecular weight is 293 g/mol. The second kappa shape index (κ2) is 7.88. The van der Waals surface area contributed by atoms with Crippen LogP contribution in [0.2, 0.25) is 0 Å². The number of amides is 3. The third-order valence-corrected chi connectivity index (χ3v) is 3.02. The van der Waals surface area contributed by atoms with E-state index in [9.17, 15) is 14.4 Å². The summed E-state index contributed by atoms with van der Waals surface area (Å²) in [7, 11) is 0. The van der Waals surface area contributed by atoms with E-state index in [1.807, 2.05) is 6.92 Å². The number of carboxylic acids is 1. The number of carbonyl (C=O) groups excluding carboxylic acids is 2. The van der Waals surface area contributed by atoms with E-state index >= 15 is 0 Å². The van der Waals surface area contributed by atoms with Gasteiger partial charge in [0, 0.05) is 24.2 Å². The Morgan fingerprint density at radius 1 is 1.24 bits per heavy atom. The summed E-state index contributed by atoms with van der Waals surface area (Å²) in [5.41, 5.74) is 5.99. The zero-order valence-corrected chi connectivity index (χ0v) is 11.8. The monoisotopic (exact) mass is 293 g/mol. The van der Waals surface area contributed by atoms with Gasteiger partial charge in [0.1, 0.15) is 0 Å². The molecule has 21 heavy (non-hydrogen) atoms. The molecule has 0 saturated carbocycles. The molecule has 0 saturated heterocycles. The topological polar surface area (TPSA) is 122 Å². The molecule has 0 fully saturated rings. The Hall–Kier alpha value is -2.57. The molecule has 1 unspecified atom stereocenters. The minimum absolute atomic E-state index is 0.0179. The van der Waals surface area contributed by atoms with Crippen LogP contribution >= 0.6 is 0 Å². The van der Waals surface area contributed by atoms with E-state index in [0.717, 1.165) is 0 Å². The van der Waals surface area contributed by atoms with Crippen LogP contribution < -0.4 is 16.4 Å². The van der Waals surface area contributed by atoms with Crippen LogP contribution in [0.25, 0.3) is 0 Å². The Labute approximate surface area is 122 Å². The number of anilines is 1. The first kappa shape index (κ1) is 16.5. The predicted octanol–water partition coefficient (Wildman–Crippen LogP) is 1.41. The lowest BCUT2D eigenvalue weighted by Crippen LogP contribution is -2.33. The number of nitrogens with two attached hydrogens (primary N) is 1. The van der Waals surface area contributed by atoms with E-state index in [4.69, 9.17) is 10.8 Å². The lowest BCUT2D eigenvalue weighted by molar-refractivity contribution is -0.138. The van der Waals surface area contributed by atoms with Gasteiger partial charge in [-0.1, -0.05) is 13.3 Å². The molecule has 0 heterocycles. The van der Waals surface area contributed by atoms with Gasteiger partial charge in [0.25, 0.3) is 0 Å². The highest BCUT2D eigenvalue weighted by molar-refractivity contribution is 5.94. The molecular weight excluding hydrogens is 274 g/mol. The van der Waals surface area contributed by atoms with Crippen molar-refractivity contribution in [1.29, 1.82) is 0 Å². The van der Waals surface area contributed by atoms with Crippen LogP contribution in [0.4, 0.5) is 10.5 Å². The van der Waals surface area contributed by atoms with Crippen LogP contribution in [0, 0.1) is 5.92 Å². The van der Waals surface area contributed by atoms with Gasteiger partial charge in [0.15, 0.2) is 0 Å². The second-order valence-electron chi connectivity index (χ2n) is 4.65. The zero-order chi connectivity index (χ0) is 15.8. The molecular formula is C14H19N3O4. The van der Waals surface area contributed by atoms with E-state index in [1.165, 1.54) is 12.1 Å². The van der Waals surface area contributed by atoms with Crippen molar-refractivity contribution in [3.63, 3.8) is 0 Å². The average Bonchev–Trinajstić information content (AvgIpc) is 2.43. The molecule has 0 radical (unpaired) electrons. The summed E-state index contributed by atoms with van der Waals surface area (Å²) in [6, 6.07) is 5.72. The van der Waals surface area contributed by atoms with Gasteiger partial charge in [-0.2, -0.15) is 0 Å². The molecule has 0 spiro atoms. The smallest absolute Gasteiger partial charge is 0.319 e. The Bertz CT molecular complexity index is 513. The summed E-state index contributed by atoms with van der Waals surface area (Å²) in [6.07, 6.45) is 0.685. The summed E-state index contributed by atoms with van der Waals surface area (Å²) in [6.45, 7) is 2.16. The molecule has 7 nitrogen and oxygen atoms in total. The van der Waals surface area contributed by atoms with Crippen LogP contribution in [0.3, 0.4) is 0 Å². The van der Waals surface area contributed by atoms with Gasteiger partial charge in [0.2, 0.25) is 5.91 Å². The molecule has 114 valence electrons. The molecule has 1 aromatic carbocycles. The van der Waals surface area contributed by atoms with Crippen molar-refractivity contribution in [2.24, 2.45) is 11.7 Å². The van der Waals surface area contributed by atoms with Gasteiger partial charge >= 0.3 is 12.0 Å². The van der Waals surface area contributed by atoms with Crippen molar-refractivity contribution in [2.75, 3.05) is 11.9 Å². The maximum atomic E-state index is 11.7. The van der Waals surface area contributed by atoms with E-state index in [1.54, 1.807) is 12.1 Å². The number of carbonyl (C=O) groups is 3. The number of primary amides is 1. The second-order valence-corrected chi connectivity index (χ2v) is 4.65. The standard InChI is InChI=1S/C14H19N3O4/c1-2-9(7-12(18)19)8-16-14(21)17-11-5-3-10(4-6-11)13(15)20/h3-6,9H,2,7-8H2,1H3,(H2,15,20)(H,18,19)(H2,16,17,21). The third kappa shape index (κ3) is 5.94. The van der Waals surface area contributed by atoms with Crippen LogP contribution in [0.15, 0.2) is 24.3 Å². The third-order valence-electron chi connectivity index (χ3n) is 3.02. The Morgan fingerprint density at radius 2 is 1.86 bits per heavy atom. The first-order valence-corrected chi connectivity index (χ1v) is 6.58.